The van der Waals surface area contributed by atoms with Crippen LogP contribution >= 0.6 is 11.3 Å². The van der Waals surface area contributed by atoms with Gasteiger partial charge in [-0.2, -0.15) is 0 Å². The zero-order valence-corrected chi connectivity index (χ0v) is 13.2. The van der Waals surface area contributed by atoms with Gasteiger partial charge in [-0.25, -0.2) is 0 Å². The molecule has 4 nitrogen and oxygen atoms in total. The van der Waals surface area contributed by atoms with Crippen LogP contribution in [0.3, 0.4) is 0 Å². The molecule has 22 heavy (non-hydrogen) atoms. The molecule has 1 aromatic heterocycles. The molecule has 0 fully saturated rings. The topological polar surface area (TPSA) is 49.4 Å². The smallest absolute Gasteiger partial charge is 0.228 e. The number of amides is 2. The van der Waals surface area contributed by atoms with Gasteiger partial charge in [-0.15, -0.1) is 11.3 Å². The van der Waals surface area contributed by atoms with Crippen molar-refractivity contribution >= 4 is 28.8 Å². The lowest BCUT2D eigenvalue weighted by Crippen LogP contribution is -2.39. The van der Waals surface area contributed by atoms with E-state index in [4.69, 9.17) is 0 Å². The van der Waals surface area contributed by atoms with Gasteiger partial charge in [-0.3, -0.25) is 9.59 Å². The fourth-order valence-corrected chi connectivity index (χ4v) is 3.47. The Labute approximate surface area is 133 Å². The predicted molar refractivity (Wildman–Crippen MR) is 88.2 cm³/mol. The highest BCUT2D eigenvalue weighted by molar-refractivity contribution is 7.09. The van der Waals surface area contributed by atoms with Crippen molar-refractivity contribution < 1.29 is 9.59 Å². The summed E-state index contributed by atoms with van der Waals surface area (Å²) >= 11 is 1.69. The van der Waals surface area contributed by atoms with Crippen LogP contribution in [0.2, 0.25) is 0 Å². The number of thiophene rings is 1. The fraction of sp³-hybridized carbons (Fsp3) is 0.294. The first kappa shape index (κ1) is 14.8. The molecule has 0 spiro atoms. The number of fused-ring (bicyclic) bond motifs is 1. The van der Waals surface area contributed by atoms with Crippen molar-refractivity contribution in [2.75, 3.05) is 18.5 Å². The van der Waals surface area contributed by atoms with Gasteiger partial charge in [0.1, 0.15) is 0 Å². The third kappa shape index (κ3) is 2.90. The summed E-state index contributed by atoms with van der Waals surface area (Å²) < 4.78 is 0. The van der Waals surface area contributed by atoms with Crippen LogP contribution in [0.5, 0.6) is 0 Å². The number of carbonyl (C=O) groups excluding carboxylic acids is 2. The van der Waals surface area contributed by atoms with E-state index in [0.717, 1.165) is 17.7 Å². The van der Waals surface area contributed by atoms with Gasteiger partial charge < -0.3 is 10.2 Å². The van der Waals surface area contributed by atoms with Gasteiger partial charge >= 0.3 is 0 Å². The van der Waals surface area contributed by atoms with Gasteiger partial charge in [0, 0.05) is 30.6 Å². The van der Waals surface area contributed by atoms with Crippen molar-refractivity contribution in [2.45, 2.75) is 18.8 Å². The predicted octanol–water partition coefficient (Wildman–Crippen LogP) is 2.56. The first-order valence-electron chi connectivity index (χ1n) is 7.32. The molecule has 1 aromatic carbocycles. The maximum atomic E-state index is 12.5. The zero-order valence-electron chi connectivity index (χ0n) is 12.4. The number of nitrogens with zero attached hydrogens (tertiary/aromatic N) is 1. The average molecular weight is 314 g/mol. The van der Waals surface area contributed by atoms with E-state index >= 15 is 0 Å². The number of hydrogen-bond acceptors (Lipinski definition) is 3. The highest BCUT2D eigenvalue weighted by atomic mass is 32.1. The van der Waals surface area contributed by atoms with Gasteiger partial charge in [0.15, 0.2) is 0 Å². The minimum atomic E-state index is -0.386. The van der Waals surface area contributed by atoms with Crippen LogP contribution in [0.15, 0.2) is 41.8 Å². The first-order chi connectivity index (χ1) is 10.7. The quantitative estimate of drug-likeness (QED) is 0.943. The lowest BCUT2D eigenvalue weighted by molar-refractivity contribution is -0.127. The van der Waals surface area contributed by atoms with Gasteiger partial charge in [0.05, 0.1) is 5.92 Å². The molecule has 1 N–H and O–H groups in total. The van der Waals surface area contributed by atoms with Gasteiger partial charge in [-0.05, 0) is 29.5 Å². The number of benzene rings is 1. The maximum Gasteiger partial charge on any atom is 0.228 e. The summed E-state index contributed by atoms with van der Waals surface area (Å²) in [5, 5.41) is 4.99. The Morgan fingerprint density at radius 3 is 2.91 bits per heavy atom. The van der Waals surface area contributed by atoms with E-state index in [1.54, 1.807) is 23.3 Å². The lowest BCUT2D eigenvalue weighted by atomic mass is 9.89. The molecule has 2 heterocycles. The molecule has 2 aromatic rings. The third-order valence-corrected chi connectivity index (χ3v) is 4.93. The summed E-state index contributed by atoms with van der Waals surface area (Å²) in [6.07, 6.45) is 1.06. The maximum absolute atomic E-state index is 12.5. The van der Waals surface area contributed by atoms with Crippen LogP contribution in [0.25, 0.3) is 0 Å². The Kier molecular flexibility index (Phi) is 4.24. The van der Waals surface area contributed by atoms with Crippen molar-refractivity contribution in [3.05, 3.63) is 52.2 Å². The Morgan fingerprint density at radius 1 is 1.32 bits per heavy atom. The standard InChI is InChI=1S/C17H18N2O2S/c1-19-15-7-3-2-6-13(15)14(11-16(19)20)17(21)18-9-8-12-5-4-10-22-12/h2-7,10,14H,8-9,11H2,1H3,(H,18,21). The monoisotopic (exact) mass is 314 g/mol. The second-order valence-corrected chi connectivity index (χ2v) is 6.42. The molecule has 0 saturated heterocycles. The molecular formula is C17H18N2O2S. The van der Waals surface area contributed by atoms with Crippen LogP contribution in [-0.4, -0.2) is 25.4 Å². The normalized spacial score (nSPS) is 17.2. The van der Waals surface area contributed by atoms with Crippen LogP contribution in [0.4, 0.5) is 5.69 Å². The number of carbonyl (C=O) groups is 2. The lowest BCUT2D eigenvalue weighted by Gasteiger charge is -2.30. The number of anilines is 1. The summed E-state index contributed by atoms with van der Waals surface area (Å²) in [6.45, 7) is 0.599. The number of para-hydroxylation sites is 1. The molecule has 1 aliphatic rings. The van der Waals surface area contributed by atoms with Crippen LogP contribution < -0.4 is 10.2 Å². The van der Waals surface area contributed by atoms with Crippen molar-refractivity contribution in [1.29, 1.82) is 0 Å². The molecule has 5 heteroatoms. The average Bonchev–Trinajstić information content (AvgIpc) is 3.04. The number of hydrogen-bond donors (Lipinski definition) is 1. The SMILES string of the molecule is CN1C(=O)CC(C(=O)NCCc2cccs2)c2ccccc21. The molecule has 1 unspecified atom stereocenters. The molecule has 0 aliphatic carbocycles. The summed E-state index contributed by atoms with van der Waals surface area (Å²) in [4.78, 5) is 27.4. The van der Waals surface area contributed by atoms with E-state index in [0.29, 0.717) is 6.54 Å². The molecule has 1 aliphatic heterocycles. The minimum Gasteiger partial charge on any atom is -0.355 e. The van der Waals surface area contributed by atoms with E-state index in [1.807, 2.05) is 35.7 Å². The van der Waals surface area contributed by atoms with Crippen LogP contribution in [-0.2, 0) is 16.0 Å². The first-order valence-corrected chi connectivity index (χ1v) is 8.20. The highest BCUT2D eigenvalue weighted by Gasteiger charge is 2.33. The van der Waals surface area contributed by atoms with Crippen LogP contribution in [0.1, 0.15) is 22.8 Å². The molecule has 0 saturated carbocycles. The Balaban J connectivity index is 1.69. The summed E-state index contributed by atoms with van der Waals surface area (Å²) in [5.74, 6) is -0.467. The molecule has 2 amide bonds. The zero-order chi connectivity index (χ0) is 15.5. The Bertz CT molecular complexity index is 682. The Morgan fingerprint density at radius 2 is 2.14 bits per heavy atom. The van der Waals surface area contributed by atoms with Crippen LogP contribution in [0, 0.1) is 0 Å². The largest absolute Gasteiger partial charge is 0.355 e. The second kappa shape index (κ2) is 6.32. The number of rotatable bonds is 4. The third-order valence-electron chi connectivity index (χ3n) is 3.99. The highest BCUT2D eigenvalue weighted by Crippen LogP contribution is 2.35. The summed E-state index contributed by atoms with van der Waals surface area (Å²) in [5.41, 5.74) is 1.76. The van der Waals surface area contributed by atoms with E-state index in [9.17, 15) is 9.59 Å². The molecule has 3 rings (SSSR count). The molecule has 114 valence electrons. The van der Waals surface area contributed by atoms with E-state index in [2.05, 4.69) is 11.4 Å². The summed E-state index contributed by atoms with van der Waals surface area (Å²) in [6, 6.07) is 11.7. The Hall–Kier alpha value is -2.14. The summed E-state index contributed by atoms with van der Waals surface area (Å²) in [7, 11) is 1.76. The molecule has 0 radical (unpaired) electrons. The molecule has 0 bridgehead atoms. The van der Waals surface area contributed by atoms with E-state index in [-0.39, 0.29) is 24.2 Å². The van der Waals surface area contributed by atoms with E-state index in [1.165, 1.54) is 4.88 Å². The van der Waals surface area contributed by atoms with Crippen molar-refractivity contribution in [2.24, 2.45) is 0 Å². The van der Waals surface area contributed by atoms with Gasteiger partial charge in [0.25, 0.3) is 0 Å². The molecule has 1 atom stereocenters. The molecular weight excluding hydrogens is 296 g/mol. The van der Waals surface area contributed by atoms with Crippen molar-refractivity contribution in [3.8, 4) is 0 Å². The van der Waals surface area contributed by atoms with Crippen molar-refractivity contribution in [1.82, 2.24) is 5.32 Å². The van der Waals surface area contributed by atoms with Gasteiger partial charge in [0.2, 0.25) is 11.8 Å². The number of nitrogens with one attached hydrogen (secondary N) is 1. The minimum absolute atomic E-state index is 0.0166. The fourth-order valence-electron chi connectivity index (χ4n) is 2.76. The second-order valence-electron chi connectivity index (χ2n) is 5.39. The van der Waals surface area contributed by atoms with Crippen molar-refractivity contribution in [3.63, 3.8) is 0 Å². The van der Waals surface area contributed by atoms with E-state index < -0.39 is 0 Å². The van der Waals surface area contributed by atoms with Gasteiger partial charge in [-0.1, -0.05) is 24.3 Å².